The maximum Gasteiger partial charge on any atom is 0.240 e. The Morgan fingerprint density at radius 2 is 1.75 bits per heavy atom. The van der Waals surface area contributed by atoms with Crippen molar-refractivity contribution in [3.05, 3.63) is 66.2 Å². The first-order valence-electron chi connectivity index (χ1n) is 11.4. The number of sulfonamides is 1. The van der Waals surface area contributed by atoms with Crippen molar-refractivity contribution in [2.24, 2.45) is 5.92 Å². The number of hydrogen-bond acceptors (Lipinski definition) is 5. The Kier molecular flexibility index (Phi) is 5.88. The van der Waals surface area contributed by atoms with Gasteiger partial charge in [0.15, 0.2) is 0 Å². The van der Waals surface area contributed by atoms with Gasteiger partial charge in [-0.25, -0.2) is 18.1 Å². The van der Waals surface area contributed by atoms with Crippen molar-refractivity contribution in [2.45, 2.75) is 55.0 Å². The van der Waals surface area contributed by atoms with E-state index in [-0.39, 0.29) is 23.5 Å². The third-order valence-corrected chi connectivity index (χ3v) is 8.36. The molecular formula is C25H29N3O3S. The predicted molar refractivity (Wildman–Crippen MR) is 126 cm³/mol. The lowest BCUT2D eigenvalue weighted by Crippen LogP contribution is -2.45. The SMILES string of the molecule is O=S(=O)(NC1CC(CO)C1)c1ccc2nc(N[C@@H]3CC[C@H](c4ccccc4)C3)ccc2c1. The molecule has 168 valence electrons. The van der Waals surface area contributed by atoms with E-state index in [1.165, 1.54) is 12.0 Å². The number of nitrogens with zero attached hydrogens (tertiary/aromatic N) is 1. The first kappa shape index (κ1) is 21.4. The van der Waals surface area contributed by atoms with Gasteiger partial charge in [-0.1, -0.05) is 30.3 Å². The number of hydrogen-bond donors (Lipinski definition) is 3. The minimum absolute atomic E-state index is 0.0938. The molecule has 2 fully saturated rings. The fourth-order valence-corrected chi connectivity index (χ4v) is 6.27. The van der Waals surface area contributed by atoms with Crippen molar-refractivity contribution in [1.82, 2.24) is 9.71 Å². The van der Waals surface area contributed by atoms with Crippen LogP contribution in [-0.2, 0) is 10.0 Å². The van der Waals surface area contributed by atoms with Crippen LogP contribution in [0.15, 0.2) is 65.6 Å². The van der Waals surface area contributed by atoms with Crippen LogP contribution in [0.25, 0.3) is 10.9 Å². The van der Waals surface area contributed by atoms with Crippen molar-refractivity contribution in [2.75, 3.05) is 11.9 Å². The summed E-state index contributed by atoms with van der Waals surface area (Å²) in [5.41, 5.74) is 2.18. The van der Waals surface area contributed by atoms with Gasteiger partial charge in [-0.15, -0.1) is 0 Å². The molecule has 0 spiro atoms. The summed E-state index contributed by atoms with van der Waals surface area (Å²) in [7, 11) is -3.58. The van der Waals surface area contributed by atoms with Gasteiger partial charge in [-0.3, -0.25) is 0 Å². The molecule has 0 radical (unpaired) electrons. The molecule has 2 aliphatic carbocycles. The smallest absolute Gasteiger partial charge is 0.240 e. The molecule has 2 saturated carbocycles. The summed E-state index contributed by atoms with van der Waals surface area (Å²) in [5, 5.41) is 13.5. The van der Waals surface area contributed by atoms with Crippen LogP contribution in [0.4, 0.5) is 5.82 Å². The largest absolute Gasteiger partial charge is 0.396 e. The highest BCUT2D eigenvalue weighted by atomic mass is 32.2. The average Bonchev–Trinajstić information content (AvgIpc) is 3.24. The Bertz CT molecular complexity index is 1190. The third-order valence-electron chi connectivity index (χ3n) is 6.84. The van der Waals surface area contributed by atoms with E-state index >= 15 is 0 Å². The Hall–Kier alpha value is -2.48. The molecule has 6 nitrogen and oxygen atoms in total. The van der Waals surface area contributed by atoms with Gasteiger partial charge in [0.05, 0.1) is 10.4 Å². The molecule has 5 rings (SSSR count). The van der Waals surface area contributed by atoms with E-state index in [1.807, 2.05) is 12.1 Å². The Morgan fingerprint density at radius 3 is 2.53 bits per heavy atom. The lowest BCUT2D eigenvalue weighted by Gasteiger charge is -2.34. The molecule has 0 unspecified atom stereocenters. The van der Waals surface area contributed by atoms with E-state index in [9.17, 15) is 8.42 Å². The quantitative estimate of drug-likeness (QED) is 0.504. The number of aliphatic hydroxyl groups excluding tert-OH is 1. The molecule has 3 N–H and O–H groups in total. The molecule has 2 aliphatic rings. The fourth-order valence-electron chi connectivity index (χ4n) is 4.97. The van der Waals surface area contributed by atoms with Gasteiger partial charge in [-0.05, 0) is 79.8 Å². The van der Waals surface area contributed by atoms with Crippen molar-refractivity contribution in [1.29, 1.82) is 0 Å². The summed E-state index contributed by atoms with van der Waals surface area (Å²) in [4.78, 5) is 4.97. The number of benzene rings is 2. The van der Waals surface area contributed by atoms with Crippen LogP contribution in [0.5, 0.6) is 0 Å². The maximum absolute atomic E-state index is 12.7. The fraction of sp³-hybridized carbons (Fsp3) is 0.400. The molecule has 0 bridgehead atoms. The molecule has 32 heavy (non-hydrogen) atoms. The van der Waals surface area contributed by atoms with E-state index in [4.69, 9.17) is 10.1 Å². The zero-order valence-corrected chi connectivity index (χ0v) is 18.8. The summed E-state index contributed by atoms with van der Waals surface area (Å²) in [6, 6.07) is 19.9. The molecule has 2 aromatic carbocycles. The van der Waals surface area contributed by atoms with E-state index in [1.54, 1.807) is 18.2 Å². The Balaban J connectivity index is 1.25. The van der Waals surface area contributed by atoms with Gasteiger partial charge in [0.25, 0.3) is 0 Å². The second-order valence-electron chi connectivity index (χ2n) is 9.15. The van der Waals surface area contributed by atoms with Gasteiger partial charge in [0.1, 0.15) is 5.82 Å². The number of aliphatic hydroxyl groups is 1. The molecule has 2 atom stereocenters. The normalized spacial score (nSPS) is 25.5. The summed E-state index contributed by atoms with van der Waals surface area (Å²) in [5.74, 6) is 1.62. The second-order valence-corrected chi connectivity index (χ2v) is 10.9. The zero-order chi connectivity index (χ0) is 22.1. The zero-order valence-electron chi connectivity index (χ0n) is 17.9. The lowest BCUT2D eigenvalue weighted by atomic mass is 9.82. The number of aromatic nitrogens is 1. The van der Waals surface area contributed by atoms with Crippen LogP contribution < -0.4 is 10.0 Å². The van der Waals surface area contributed by atoms with E-state index < -0.39 is 10.0 Å². The number of anilines is 1. The molecule has 3 aromatic rings. The first-order chi connectivity index (χ1) is 15.5. The molecule has 0 amide bonds. The van der Waals surface area contributed by atoms with Crippen LogP contribution in [0.3, 0.4) is 0 Å². The Morgan fingerprint density at radius 1 is 0.938 bits per heavy atom. The van der Waals surface area contributed by atoms with Gasteiger partial charge in [0.2, 0.25) is 10.0 Å². The second kappa shape index (κ2) is 8.81. The monoisotopic (exact) mass is 451 g/mol. The van der Waals surface area contributed by atoms with Gasteiger partial charge in [-0.2, -0.15) is 0 Å². The topological polar surface area (TPSA) is 91.3 Å². The highest BCUT2D eigenvalue weighted by Gasteiger charge is 2.32. The maximum atomic E-state index is 12.7. The minimum Gasteiger partial charge on any atom is -0.396 e. The lowest BCUT2D eigenvalue weighted by molar-refractivity contribution is 0.137. The van der Waals surface area contributed by atoms with E-state index in [2.05, 4.69) is 40.4 Å². The summed E-state index contributed by atoms with van der Waals surface area (Å²) in [6.07, 6.45) is 4.74. The molecular weight excluding hydrogens is 422 g/mol. The van der Waals surface area contributed by atoms with Gasteiger partial charge >= 0.3 is 0 Å². The summed E-state index contributed by atoms with van der Waals surface area (Å²) < 4.78 is 28.2. The highest BCUT2D eigenvalue weighted by molar-refractivity contribution is 7.89. The van der Waals surface area contributed by atoms with Crippen LogP contribution >= 0.6 is 0 Å². The molecule has 0 saturated heterocycles. The molecule has 0 aliphatic heterocycles. The molecule has 7 heteroatoms. The number of nitrogens with one attached hydrogen (secondary N) is 2. The minimum atomic E-state index is -3.58. The standard InChI is InChI=1S/C25H29N3O3S/c29-16-17-12-22(13-17)28-32(30,31)23-9-10-24-20(15-23)7-11-25(27-24)26-21-8-6-19(14-21)18-4-2-1-3-5-18/h1-5,7,9-11,15,17,19,21-22,28-29H,6,8,12-14,16H2,(H,26,27)/t17?,19-,21+,22?/m0/s1. The predicted octanol–water partition coefficient (Wildman–Crippen LogP) is 4.03. The van der Waals surface area contributed by atoms with E-state index in [0.29, 0.717) is 24.8 Å². The van der Waals surface area contributed by atoms with Crippen LogP contribution in [-0.4, -0.2) is 37.2 Å². The molecule has 1 aromatic heterocycles. The average molecular weight is 452 g/mol. The summed E-state index contributed by atoms with van der Waals surface area (Å²) >= 11 is 0. The van der Waals surface area contributed by atoms with E-state index in [0.717, 1.165) is 29.6 Å². The van der Waals surface area contributed by atoms with Crippen LogP contribution in [0, 0.1) is 5.92 Å². The Labute approximate surface area is 189 Å². The first-order valence-corrected chi connectivity index (χ1v) is 12.8. The van der Waals surface area contributed by atoms with Gasteiger partial charge in [0, 0.05) is 24.1 Å². The number of pyridine rings is 1. The third kappa shape index (κ3) is 4.51. The number of rotatable bonds is 7. The number of fused-ring (bicyclic) bond motifs is 1. The van der Waals surface area contributed by atoms with Crippen molar-refractivity contribution >= 4 is 26.7 Å². The van der Waals surface area contributed by atoms with Crippen molar-refractivity contribution < 1.29 is 13.5 Å². The summed E-state index contributed by atoms with van der Waals surface area (Å²) in [6.45, 7) is 0.115. The van der Waals surface area contributed by atoms with Crippen LogP contribution in [0.1, 0.15) is 43.6 Å². The van der Waals surface area contributed by atoms with Crippen LogP contribution in [0.2, 0.25) is 0 Å². The van der Waals surface area contributed by atoms with Crippen molar-refractivity contribution in [3.63, 3.8) is 0 Å². The van der Waals surface area contributed by atoms with Crippen molar-refractivity contribution in [3.8, 4) is 0 Å². The van der Waals surface area contributed by atoms with Gasteiger partial charge < -0.3 is 10.4 Å². The molecule has 1 heterocycles. The highest BCUT2D eigenvalue weighted by Crippen LogP contribution is 2.36.